The molecule has 4 atom stereocenters. The van der Waals surface area contributed by atoms with E-state index in [1.54, 1.807) is 12.2 Å². The van der Waals surface area contributed by atoms with Gasteiger partial charge in [0.25, 0.3) is 0 Å². The lowest BCUT2D eigenvalue weighted by Crippen LogP contribution is -2.35. The third-order valence-corrected chi connectivity index (χ3v) is 7.38. The first-order valence-electron chi connectivity index (χ1n) is 11.4. The second kappa shape index (κ2) is 8.41. The Morgan fingerprint density at radius 1 is 0.553 bits per heavy atom. The Morgan fingerprint density at radius 3 is 1.32 bits per heavy atom. The number of allylic oxidation sites excluding steroid dienone is 3. The highest BCUT2D eigenvalue weighted by Crippen LogP contribution is 2.59. The van der Waals surface area contributed by atoms with Crippen LogP contribution in [0.15, 0.2) is 66.3 Å². The molecule has 0 radical (unpaired) electrons. The minimum absolute atomic E-state index is 0.0465. The zero-order chi connectivity index (χ0) is 27.0. The molecule has 1 saturated heterocycles. The minimum atomic E-state index is -2.40. The molecular weight excluding hydrogens is 515 g/mol. The highest BCUT2D eigenvalue weighted by atomic mass is 19.2. The summed E-state index contributed by atoms with van der Waals surface area (Å²) in [5.41, 5.74) is 0.527. The average molecular weight is 529 g/mol. The molecule has 38 heavy (non-hydrogen) atoms. The molecule has 2 amide bonds. The van der Waals surface area contributed by atoms with Gasteiger partial charge in [-0.15, -0.1) is 0 Å². The number of carbonyl (C=O) groups excluding carboxylic acids is 2. The number of rotatable bonds is 3. The molecule has 3 nitrogen and oxygen atoms in total. The summed E-state index contributed by atoms with van der Waals surface area (Å²) < 4.78 is 97.8. The van der Waals surface area contributed by atoms with Crippen molar-refractivity contribution in [1.82, 2.24) is 0 Å². The number of halogens is 7. The van der Waals surface area contributed by atoms with E-state index in [1.807, 2.05) is 0 Å². The Hall–Kier alpha value is -4.21. The van der Waals surface area contributed by atoms with Crippen molar-refractivity contribution in [2.24, 2.45) is 23.7 Å². The predicted octanol–water partition coefficient (Wildman–Crippen LogP) is 6.08. The van der Waals surface area contributed by atoms with Crippen molar-refractivity contribution in [1.29, 1.82) is 0 Å². The van der Waals surface area contributed by atoms with E-state index in [4.69, 9.17) is 0 Å². The van der Waals surface area contributed by atoms with Crippen LogP contribution < -0.4 is 4.90 Å². The zero-order valence-electron chi connectivity index (χ0n) is 19.0. The first-order valence-corrected chi connectivity index (χ1v) is 11.4. The number of imide groups is 1. The molecule has 3 aliphatic rings. The first kappa shape index (κ1) is 24.1. The third kappa shape index (κ3) is 3.22. The van der Waals surface area contributed by atoms with Crippen molar-refractivity contribution < 1.29 is 40.3 Å². The van der Waals surface area contributed by atoms with Crippen LogP contribution in [-0.4, -0.2) is 11.8 Å². The van der Waals surface area contributed by atoms with E-state index in [2.05, 4.69) is 0 Å². The van der Waals surface area contributed by atoms with Crippen LogP contribution in [0.2, 0.25) is 0 Å². The highest BCUT2D eigenvalue weighted by molar-refractivity contribution is 6.23. The Bertz CT molecular complexity index is 1480. The van der Waals surface area contributed by atoms with Gasteiger partial charge in [0, 0.05) is 11.8 Å². The van der Waals surface area contributed by atoms with Gasteiger partial charge in [0.1, 0.15) is 17.3 Å². The molecule has 2 fully saturated rings. The van der Waals surface area contributed by atoms with Crippen molar-refractivity contribution in [3.8, 4) is 0 Å². The van der Waals surface area contributed by atoms with Crippen LogP contribution >= 0.6 is 0 Å². The van der Waals surface area contributed by atoms with E-state index in [0.717, 1.165) is 0 Å². The molecule has 0 N–H and O–H groups in total. The van der Waals surface area contributed by atoms with E-state index in [9.17, 15) is 40.3 Å². The van der Waals surface area contributed by atoms with Crippen LogP contribution in [0.1, 0.15) is 11.1 Å². The van der Waals surface area contributed by atoms with Gasteiger partial charge in [0.2, 0.25) is 17.6 Å². The summed E-state index contributed by atoms with van der Waals surface area (Å²) in [6, 6.07) is 10.8. The molecule has 3 aromatic rings. The van der Waals surface area contributed by atoms with Gasteiger partial charge in [0.05, 0.1) is 11.8 Å². The molecule has 1 aliphatic heterocycles. The maximum atomic E-state index is 14.5. The monoisotopic (exact) mass is 529 g/mol. The number of nitrogens with zero attached hydrogens (tertiary/aromatic N) is 1. The van der Waals surface area contributed by atoms with Crippen LogP contribution in [0.25, 0.3) is 5.57 Å². The quantitative estimate of drug-likeness (QED) is 0.136. The average Bonchev–Trinajstić information content (AvgIpc) is 3.54. The standard InChI is InChI=1S/C28H14F7NO2/c29-13-5-1-11(2-6-13)17(12-3-7-14(30)8-4-12)18-15-9-10-16(18)20-19(15)27(37)36(28(20)38)26-24(34)22(32)21(31)23(33)25(26)35/h1-10,15-16,19-20H/t15-,16+,19-,20-/m1/s1. The van der Waals surface area contributed by atoms with Crippen molar-refractivity contribution in [3.05, 3.63) is 118 Å². The number of fused-ring (bicyclic) bond motifs is 5. The summed E-state index contributed by atoms with van der Waals surface area (Å²) in [5, 5.41) is 0. The Labute approximate surface area is 210 Å². The molecule has 1 heterocycles. The van der Waals surface area contributed by atoms with E-state index in [0.29, 0.717) is 22.3 Å². The topological polar surface area (TPSA) is 37.4 Å². The molecule has 192 valence electrons. The molecule has 10 heteroatoms. The van der Waals surface area contributed by atoms with Crippen LogP contribution in [0, 0.1) is 64.4 Å². The van der Waals surface area contributed by atoms with Gasteiger partial charge in [-0.25, -0.2) is 35.6 Å². The van der Waals surface area contributed by atoms with Crippen LogP contribution in [0.4, 0.5) is 36.4 Å². The van der Waals surface area contributed by atoms with E-state index in [-0.39, 0.29) is 4.90 Å². The normalized spacial score (nSPS) is 23.6. The largest absolute Gasteiger partial charge is 0.274 e. The van der Waals surface area contributed by atoms with Crippen molar-refractivity contribution in [2.75, 3.05) is 4.90 Å². The van der Waals surface area contributed by atoms with Crippen LogP contribution in [0.3, 0.4) is 0 Å². The van der Waals surface area contributed by atoms with E-state index >= 15 is 0 Å². The van der Waals surface area contributed by atoms with Gasteiger partial charge < -0.3 is 0 Å². The first-order chi connectivity index (χ1) is 18.1. The summed E-state index contributed by atoms with van der Waals surface area (Å²) >= 11 is 0. The molecule has 3 aromatic carbocycles. The fourth-order valence-electron chi connectivity index (χ4n) is 5.84. The number of amides is 2. The molecule has 6 rings (SSSR count). The molecular formula is C28H14F7NO2. The summed E-state index contributed by atoms with van der Waals surface area (Å²) in [7, 11) is 0. The molecule has 2 aliphatic carbocycles. The Morgan fingerprint density at radius 2 is 0.921 bits per heavy atom. The fourth-order valence-corrected chi connectivity index (χ4v) is 5.84. The smallest absolute Gasteiger partial charge is 0.238 e. The lowest BCUT2D eigenvalue weighted by atomic mass is 9.85. The van der Waals surface area contributed by atoms with Crippen molar-refractivity contribution in [2.45, 2.75) is 0 Å². The molecule has 0 spiro atoms. The maximum Gasteiger partial charge on any atom is 0.238 e. The van der Waals surface area contributed by atoms with Crippen molar-refractivity contribution >= 4 is 23.1 Å². The summed E-state index contributed by atoms with van der Waals surface area (Å²) in [5.74, 6) is -18.6. The summed E-state index contributed by atoms with van der Waals surface area (Å²) in [4.78, 5) is 26.9. The molecule has 2 bridgehead atoms. The second-order valence-electron chi connectivity index (χ2n) is 9.26. The third-order valence-electron chi connectivity index (χ3n) is 7.38. The SMILES string of the molecule is O=C1[C@H]2[C@H](C(=O)N1c1c(F)c(F)c(F)c(F)c1F)[C@H]1C=C[C@@H]2C1=C(c1ccc(F)cc1)c1ccc(F)cc1. The summed E-state index contributed by atoms with van der Waals surface area (Å²) in [6.45, 7) is 0. The minimum Gasteiger partial charge on any atom is -0.274 e. The van der Waals surface area contributed by atoms with Gasteiger partial charge in [-0.3, -0.25) is 9.59 Å². The van der Waals surface area contributed by atoms with Crippen LogP contribution in [0.5, 0.6) is 0 Å². The van der Waals surface area contributed by atoms with Gasteiger partial charge >= 0.3 is 0 Å². The second-order valence-corrected chi connectivity index (χ2v) is 9.26. The molecule has 0 unspecified atom stereocenters. The lowest BCUT2D eigenvalue weighted by Gasteiger charge is -2.22. The number of hydrogen-bond donors (Lipinski definition) is 0. The van der Waals surface area contributed by atoms with Gasteiger partial charge in [-0.1, -0.05) is 36.4 Å². The maximum absolute atomic E-state index is 14.5. The Balaban J connectivity index is 1.50. The molecule has 0 aromatic heterocycles. The lowest BCUT2D eigenvalue weighted by molar-refractivity contribution is -0.123. The van der Waals surface area contributed by atoms with Gasteiger partial charge in [-0.2, -0.15) is 0 Å². The predicted molar refractivity (Wildman–Crippen MR) is 121 cm³/mol. The van der Waals surface area contributed by atoms with Crippen molar-refractivity contribution in [3.63, 3.8) is 0 Å². The fraction of sp³-hybridized carbons (Fsp3) is 0.143. The highest BCUT2D eigenvalue weighted by Gasteiger charge is 2.63. The van der Waals surface area contributed by atoms with Gasteiger partial charge in [0.15, 0.2) is 23.3 Å². The summed E-state index contributed by atoms with van der Waals surface area (Å²) in [6.07, 6.45) is 3.28. The van der Waals surface area contributed by atoms with E-state index < -0.39 is 81.9 Å². The number of benzene rings is 3. The number of carbonyl (C=O) groups is 2. The zero-order valence-corrected chi connectivity index (χ0v) is 19.0. The number of anilines is 1. The molecule has 1 saturated carbocycles. The number of hydrogen-bond acceptors (Lipinski definition) is 2. The Kier molecular flexibility index (Phi) is 5.34. The van der Waals surface area contributed by atoms with E-state index in [1.165, 1.54) is 48.5 Å². The van der Waals surface area contributed by atoms with Crippen LogP contribution in [-0.2, 0) is 9.59 Å². The van der Waals surface area contributed by atoms with Gasteiger partial charge in [-0.05, 0) is 46.5 Å².